The van der Waals surface area contributed by atoms with E-state index >= 15 is 0 Å². The average Bonchev–Trinajstić information content (AvgIpc) is 2.83. The third kappa shape index (κ3) is 2.04. The maximum atomic E-state index is 11.9. The molecule has 2 heterocycles. The molecule has 2 N–H and O–H groups in total. The number of anilines is 1. The molecule has 1 aromatic rings. The molecule has 96 valence electrons. The van der Waals surface area contributed by atoms with Gasteiger partial charge in [0, 0.05) is 10.9 Å². The van der Waals surface area contributed by atoms with E-state index in [-0.39, 0.29) is 10.7 Å². The highest BCUT2D eigenvalue weighted by molar-refractivity contribution is 8.01. The minimum absolute atomic E-state index is 0.0896. The SMILES string of the molecule is CC1(C)Sc2cc(C3CCCN3)ccc2NC1=O. The molecule has 18 heavy (non-hydrogen) atoms. The molecule has 0 radical (unpaired) electrons. The largest absolute Gasteiger partial charge is 0.324 e. The minimum Gasteiger partial charge on any atom is -0.324 e. The summed E-state index contributed by atoms with van der Waals surface area (Å²) in [5.74, 6) is 0.0896. The van der Waals surface area contributed by atoms with Gasteiger partial charge in [-0.05, 0) is 50.9 Å². The van der Waals surface area contributed by atoms with Crippen molar-refractivity contribution < 1.29 is 4.79 Å². The predicted octanol–water partition coefficient (Wildman–Crippen LogP) is 2.93. The Morgan fingerprint density at radius 3 is 2.94 bits per heavy atom. The summed E-state index contributed by atoms with van der Waals surface area (Å²) >= 11 is 1.66. The van der Waals surface area contributed by atoms with Crippen LogP contribution < -0.4 is 10.6 Å². The fourth-order valence-electron chi connectivity index (χ4n) is 2.51. The van der Waals surface area contributed by atoms with Gasteiger partial charge in [0.2, 0.25) is 5.91 Å². The van der Waals surface area contributed by atoms with E-state index in [0.717, 1.165) is 12.2 Å². The van der Waals surface area contributed by atoms with Gasteiger partial charge in [-0.15, -0.1) is 11.8 Å². The van der Waals surface area contributed by atoms with Gasteiger partial charge < -0.3 is 10.6 Å². The highest BCUT2D eigenvalue weighted by atomic mass is 32.2. The Bertz CT molecular complexity index is 493. The summed E-state index contributed by atoms with van der Waals surface area (Å²) in [6.07, 6.45) is 2.45. The molecule has 1 amide bonds. The normalized spacial score (nSPS) is 25.7. The van der Waals surface area contributed by atoms with Crippen LogP contribution in [-0.2, 0) is 4.79 Å². The lowest BCUT2D eigenvalue weighted by Gasteiger charge is -2.30. The van der Waals surface area contributed by atoms with Crippen LogP contribution in [0.1, 0.15) is 38.3 Å². The first-order chi connectivity index (χ1) is 8.56. The van der Waals surface area contributed by atoms with Gasteiger partial charge in [0.25, 0.3) is 0 Å². The van der Waals surface area contributed by atoms with Crippen LogP contribution in [0.4, 0.5) is 5.69 Å². The zero-order valence-corrected chi connectivity index (χ0v) is 11.6. The second kappa shape index (κ2) is 4.28. The van der Waals surface area contributed by atoms with Crippen LogP contribution in [-0.4, -0.2) is 17.2 Å². The fourth-order valence-corrected chi connectivity index (χ4v) is 3.62. The smallest absolute Gasteiger partial charge is 0.240 e. The molecule has 2 aliphatic heterocycles. The zero-order valence-electron chi connectivity index (χ0n) is 10.7. The van der Waals surface area contributed by atoms with Crippen molar-refractivity contribution in [2.45, 2.75) is 42.4 Å². The van der Waals surface area contributed by atoms with Crippen molar-refractivity contribution in [2.75, 3.05) is 11.9 Å². The number of hydrogen-bond donors (Lipinski definition) is 2. The van der Waals surface area contributed by atoms with Crippen LogP contribution in [0.25, 0.3) is 0 Å². The molecule has 2 aliphatic rings. The highest BCUT2D eigenvalue weighted by Crippen LogP contribution is 2.43. The molecule has 1 atom stereocenters. The molecule has 1 unspecified atom stereocenters. The van der Waals surface area contributed by atoms with E-state index in [1.165, 1.54) is 23.3 Å². The van der Waals surface area contributed by atoms with Gasteiger partial charge in [0.05, 0.1) is 10.4 Å². The molecule has 0 aromatic heterocycles. The van der Waals surface area contributed by atoms with Crippen molar-refractivity contribution in [3.05, 3.63) is 23.8 Å². The van der Waals surface area contributed by atoms with Gasteiger partial charge in [0.1, 0.15) is 0 Å². The van der Waals surface area contributed by atoms with Crippen molar-refractivity contribution >= 4 is 23.4 Å². The monoisotopic (exact) mass is 262 g/mol. The summed E-state index contributed by atoms with van der Waals surface area (Å²) in [6.45, 7) is 5.05. The van der Waals surface area contributed by atoms with E-state index in [0.29, 0.717) is 6.04 Å². The van der Waals surface area contributed by atoms with Gasteiger partial charge in [-0.2, -0.15) is 0 Å². The molecule has 3 nitrogen and oxygen atoms in total. The molecule has 0 saturated carbocycles. The molecule has 3 rings (SSSR count). The van der Waals surface area contributed by atoms with Gasteiger partial charge in [-0.25, -0.2) is 0 Å². The standard InChI is InChI=1S/C14H18N2OS/c1-14(2)13(17)16-11-6-5-9(8-12(11)18-14)10-4-3-7-15-10/h5-6,8,10,15H,3-4,7H2,1-2H3,(H,16,17). The Morgan fingerprint density at radius 1 is 1.39 bits per heavy atom. The Labute approximate surface area is 112 Å². The number of thioether (sulfide) groups is 1. The van der Waals surface area contributed by atoms with Crippen LogP contribution in [0.2, 0.25) is 0 Å². The predicted molar refractivity (Wildman–Crippen MR) is 75.0 cm³/mol. The summed E-state index contributed by atoms with van der Waals surface area (Å²) in [7, 11) is 0. The quantitative estimate of drug-likeness (QED) is 0.817. The summed E-state index contributed by atoms with van der Waals surface area (Å²) in [5.41, 5.74) is 2.29. The molecule has 1 saturated heterocycles. The summed E-state index contributed by atoms with van der Waals surface area (Å²) in [4.78, 5) is 13.1. The molecular weight excluding hydrogens is 244 g/mol. The summed E-state index contributed by atoms with van der Waals surface area (Å²) in [6, 6.07) is 6.87. The number of nitrogens with one attached hydrogen (secondary N) is 2. The molecular formula is C14H18N2OS. The fraction of sp³-hybridized carbons (Fsp3) is 0.500. The Kier molecular flexibility index (Phi) is 2.87. The lowest BCUT2D eigenvalue weighted by Crippen LogP contribution is -2.37. The molecule has 0 spiro atoms. The van der Waals surface area contributed by atoms with Crippen molar-refractivity contribution in [1.82, 2.24) is 5.32 Å². The van der Waals surface area contributed by atoms with E-state index in [1.807, 2.05) is 19.9 Å². The third-order valence-corrected chi connectivity index (χ3v) is 4.88. The Morgan fingerprint density at radius 2 is 2.22 bits per heavy atom. The number of carbonyl (C=O) groups excluding carboxylic acids is 1. The first kappa shape index (κ1) is 12.1. The van der Waals surface area contributed by atoms with E-state index in [1.54, 1.807) is 11.8 Å². The lowest BCUT2D eigenvalue weighted by molar-refractivity contribution is -0.117. The van der Waals surface area contributed by atoms with Crippen molar-refractivity contribution in [1.29, 1.82) is 0 Å². The van der Waals surface area contributed by atoms with Crippen LogP contribution in [0.15, 0.2) is 23.1 Å². The first-order valence-corrected chi connectivity index (χ1v) is 7.26. The molecule has 0 bridgehead atoms. The average molecular weight is 262 g/mol. The van der Waals surface area contributed by atoms with E-state index in [9.17, 15) is 4.79 Å². The maximum Gasteiger partial charge on any atom is 0.240 e. The highest BCUT2D eigenvalue weighted by Gasteiger charge is 2.34. The Hall–Kier alpha value is -1.00. The van der Waals surface area contributed by atoms with Gasteiger partial charge in [0.15, 0.2) is 0 Å². The number of fused-ring (bicyclic) bond motifs is 1. The van der Waals surface area contributed by atoms with Crippen LogP contribution in [0, 0.1) is 0 Å². The van der Waals surface area contributed by atoms with Crippen LogP contribution in [0.3, 0.4) is 0 Å². The second-order valence-corrected chi connectivity index (χ2v) is 7.14. The maximum absolute atomic E-state index is 11.9. The van der Waals surface area contributed by atoms with E-state index in [2.05, 4.69) is 22.8 Å². The third-order valence-electron chi connectivity index (χ3n) is 3.63. The van der Waals surface area contributed by atoms with Gasteiger partial charge >= 0.3 is 0 Å². The number of amides is 1. The first-order valence-electron chi connectivity index (χ1n) is 6.44. The molecule has 4 heteroatoms. The number of rotatable bonds is 1. The Balaban J connectivity index is 1.93. The lowest BCUT2D eigenvalue weighted by atomic mass is 10.0. The zero-order chi connectivity index (χ0) is 12.8. The number of hydrogen-bond acceptors (Lipinski definition) is 3. The van der Waals surface area contributed by atoms with Crippen molar-refractivity contribution in [3.8, 4) is 0 Å². The minimum atomic E-state index is -0.380. The summed E-state index contributed by atoms with van der Waals surface area (Å²) in [5, 5.41) is 6.50. The molecule has 1 aromatic carbocycles. The van der Waals surface area contributed by atoms with E-state index in [4.69, 9.17) is 0 Å². The van der Waals surface area contributed by atoms with Crippen molar-refractivity contribution in [2.24, 2.45) is 0 Å². The van der Waals surface area contributed by atoms with Gasteiger partial charge in [-0.3, -0.25) is 4.79 Å². The molecule has 1 fully saturated rings. The van der Waals surface area contributed by atoms with E-state index < -0.39 is 0 Å². The topological polar surface area (TPSA) is 41.1 Å². The van der Waals surface area contributed by atoms with Crippen LogP contribution >= 0.6 is 11.8 Å². The summed E-state index contributed by atoms with van der Waals surface area (Å²) < 4.78 is -0.380. The molecule has 0 aliphatic carbocycles. The van der Waals surface area contributed by atoms with Crippen molar-refractivity contribution in [3.63, 3.8) is 0 Å². The van der Waals surface area contributed by atoms with Gasteiger partial charge in [-0.1, -0.05) is 6.07 Å². The second-order valence-electron chi connectivity index (χ2n) is 5.47. The number of benzene rings is 1. The van der Waals surface area contributed by atoms with Crippen LogP contribution in [0.5, 0.6) is 0 Å². The number of carbonyl (C=O) groups is 1.